The molecule has 414 valence electrons. The van der Waals surface area contributed by atoms with E-state index in [0.717, 1.165) is 63.2 Å². The SMILES string of the molecule is CC(C)CC(=O)N1C[C@@H](NC(=O)c2csc(N)n2)C(=O)N2C1CN(CC1CCNCC1)C(=O)[C@H]2CC(C)C.CC(C)CC(=O)N[C@@H]1CN(C(=O)c2ccco2)C2CN(CC3CCNCC3)C(=O)[C@@H](CC(C)C)N2C1=O. The quantitative estimate of drug-likeness (QED) is 0.162. The highest BCUT2D eigenvalue weighted by Crippen LogP contribution is 2.33. The van der Waals surface area contributed by atoms with Gasteiger partial charge in [0.15, 0.2) is 10.9 Å². The van der Waals surface area contributed by atoms with Crippen molar-refractivity contribution in [1.82, 2.24) is 55.7 Å². The second-order valence-electron chi connectivity index (χ2n) is 23.0. The van der Waals surface area contributed by atoms with Gasteiger partial charge in [0, 0.05) is 31.3 Å². The first kappa shape index (κ1) is 57.1. The number of piperazine rings is 2. The highest BCUT2D eigenvalue weighted by molar-refractivity contribution is 7.13. The Morgan fingerprint density at radius 2 is 1.17 bits per heavy atom. The number of furan rings is 1. The van der Waals surface area contributed by atoms with Crippen LogP contribution in [0.4, 0.5) is 5.13 Å². The highest BCUT2D eigenvalue weighted by atomic mass is 32.1. The van der Waals surface area contributed by atoms with Crippen molar-refractivity contribution in [3.8, 4) is 0 Å². The van der Waals surface area contributed by atoms with Crippen LogP contribution in [0, 0.1) is 35.5 Å². The summed E-state index contributed by atoms with van der Waals surface area (Å²) in [5, 5.41) is 14.1. The van der Waals surface area contributed by atoms with Gasteiger partial charge in [0.25, 0.3) is 11.8 Å². The highest BCUT2D eigenvalue weighted by Gasteiger charge is 2.54. The minimum Gasteiger partial charge on any atom is -0.459 e. The first-order chi connectivity index (χ1) is 35.7. The minimum absolute atomic E-state index is 0.0349. The van der Waals surface area contributed by atoms with Crippen LogP contribution in [0.25, 0.3) is 0 Å². The van der Waals surface area contributed by atoms with Crippen LogP contribution in [0.1, 0.15) is 128 Å². The Kier molecular flexibility index (Phi) is 19.4. The Morgan fingerprint density at radius 1 is 0.680 bits per heavy atom. The summed E-state index contributed by atoms with van der Waals surface area (Å²) >= 11 is 1.14. The third kappa shape index (κ3) is 14.1. The van der Waals surface area contributed by atoms with E-state index in [-0.39, 0.29) is 114 Å². The maximum absolute atomic E-state index is 13.9. The van der Waals surface area contributed by atoms with E-state index in [1.165, 1.54) is 11.6 Å². The molecule has 6 fully saturated rings. The fourth-order valence-electron chi connectivity index (χ4n) is 11.4. The smallest absolute Gasteiger partial charge is 0.291 e. The van der Waals surface area contributed by atoms with Crippen molar-refractivity contribution < 1.29 is 42.8 Å². The molecule has 6 aliphatic rings. The van der Waals surface area contributed by atoms with Crippen molar-refractivity contribution >= 4 is 63.7 Å². The van der Waals surface area contributed by atoms with Gasteiger partial charge in [-0.1, -0.05) is 55.4 Å². The van der Waals surface area contributed by atoms with Gasteiger partial charge < -0.3 is 60.8 Å². The number of carbonyl (C=O) groups is 8. The van der Waals surface area contributed by atoms with Crippen molar-refractivity contribution in [2.45, 2.75) is 143 Å². The van der Waals surface area contributed by atoms with Gasteiger partial charge in [0.1, 0.15) is 42.2 Å². The molecule has 6 atom stereocenters. The van der Waals surface area contributed by atoms with E-state index in [2.05, 4.69) is 26.3 Å². The van der Waals surface area contributed by atoms with Gasteiger partial charge in [0.2, 0.25) is 35.4 Å². The zero-order chi connectivity index (χ0) is 54.2. The van der Waals surface area contributed by atoms with E-state index in [1.54, 1.807) is 31.7 Å². The molecule has 0 bridgehead atoms. The van der Waals surface area contributed by atoms with Crippen LogP contribution >= 0.6 is 11.3 Å². The number of hydrogen-bond donors (Lipinski definition) is 5. The van der Waals surface area contributed by atoms with Crippen LogP contribution in [-0.4, -0.2) is 184 Å². The minimum atomic E-state index is -0.976. The molecule has 0 radical (unpaired) electrons. The molecule has 2 unspecified atom stereocenters. The van der Waals surface area contributed by atoms with Crippen molar-refractivity contribution in [2.75, 3.05) is 71.2 Å². The number of nitrogen functional groups attached to an aromatic ring is 1. The number of nitrogens with zero attached hydrogens (tertiary/aromatic N) is 7. The zero-order valence-electron chi connectivity index (χ0n) is 45.3. The molecule has 75 heavy (non-hydrogen) atoms. The fraction of sp³-hybridized carbons (Fsp3) is 0.717. The largest absolute Gasteiger partial charge is 0.459 e. The fourth-order valence-corrected chi connectivity index (χ4v) is 12.0. The standard InChI is InChI=1S/C27H41N5O5.C26H41N7O4S/c1-17(2)12-21-26(35)30(14-19-7-9-28-10-8-19)16-24-31(27(36)22-6-5-11-37-22)15-20(25(34)32(21)24)29-23(33)13-18(3)4;1-15(2)9-20-25(37)31(11-17-5-7-28-8-6-17)13-21-32(22(34)10-16(3)4)12-18(24(36)33(20)21)29-23(35)19-14-38-26(27)30-19/h5-6,11,17-21,24,28H,7-10,12-16H2,1-4H3,(H,29,33);14-18,20-21,28H,5-13H2,1-4H3,(H2,27,30)(H,29,35)/t20-,21-,24?;18-,20-,21?/m11/s1. The molecule has 2 aromatic rings. The lowest BCUT2D eigenvalue weighted by atomic mass is 9.92. The lowest BCUT2D eigenvalue weighted by Gasteiger charge is -2.54. The number of hydrogen-bond acceptors (Lipinski definition) is 14. The maximum atomic E-state index is 13.9. The molecule has 8 amide bonds. The number of nitrogens with one attached hydrogen (secondary N) is 4. The third-order valence-corrected chi connectivity index (χ3v) is 15.7. The van der Waals surface area contributed by atoms with Gasteiger partial charge >= 0.3 is 0 Å². The van der Waals surface area contributed by atoms with E-state index in [4.69, 9.17) is 10.2 Å². The van der Waals surface area contributed by atoms with E-state index in [9.17, 15) is 38.4 Å². The first-order valence-electron chi connectivity index (χ1n) is 27.3. The zero-order valence-corrected chi connectivity index (χ0v) is 46.1. The molecule has 8 rings (SSSR count). The number of amides is 8. The Hall–Kier alpha value is -5.61. The molecular weight excluding hydrogens is 981 g/mol. The lowest BCUT2D eigenvalue weighted by molar-refractivity contribution is -0.178. The molecule has 6 aliphatic heterocycles. The number of aromatic nitrogens is 1. The van der Waals surface area contributed by atoms with Gasteiger partial charge in [-0.05, 0) is 112 Å². The van der Waals surface area contributed by atoms with Crippen LogP contribution < -0.4 is 27.0 Å². The van der Waals surface area contributed by atoms with Gasteiger partial charge in [-0.3, -0.25) is 38.4 Å². The third-order valence-electron chi connectivity index (χ3n) is 15.0. The first-order valence-corrected chi connectivity index (χ1v) is 28.2. The molecule has 0 aliphatic carbocycles. The number of piperidine rings is 2. The topological polar surface area (TPSA) is 256 Å². The van der Waals surface area contributed by atoms with Crippen molar-refractivity contribution in [3.05, 3.63) is 35.2 Å². The Labute approximate surface area is 445 Å². The molecule has 6 N–H and O–H groups in total. The number of thiazole rings is 1. The number of carbonyl (C=O) groups excluding carboxylic acids is 8. The van der Waals surface area contributed by atoms with E-state index in [1.807, 2.05) is 65.2 Å². The predicted molar refractivity (Wildman–Crippen MR) is 282 cm³/mol. The van der Waals surface area contributed by atoms with E-state index < -0.39 is 42.4 Å². The molecular formula is C53H82N12O9S. The van der Waals surface area contributed by atoms with Crippen LogP contribution in [0.15, 0.2) is 28.2 Å². The Bertz CT molecular complexity index is 2330. The number of nitrogens with two attached hydrogens (primary N) is 1. The van der Waals surface area contributed by atoms with Crippen LogP contribution in [0.3, 0.4) is 0 Å². The summed E-state index contributed by atoms with van der Waals surface area (Å²) in [6.45, 7) is 21.5. The molecule has 6 saturated heterocycles. The normalized spacial score (nSPS) is 25.0. The average molecular weight is 1060 g/mol. The Morgan fingerprint density at radius 3 is 1.63 bits per heavy atom. The summed E-state index contributed by atoms with van der Waals surface area (Å²) in [5.41, 5.74) is 5.81. The molecule has 2 aromatic heterocycles. The summed E-state index contributed by atoms with van der Waals surface area (Å²) in [7, 11) is 0. The van der Waals surface area contributed by atoms with E-state index >= 15 is 0 Å². The summed E-state index contributed by atoms with van der Waals surface area (Å²) in [4.78, 5) is 122. The van der Waals surface area contributed by atoms with Crippen LogP contribution in [0.5, 0.6) is 0 Å². The van der Waals surface area contributed by atoms with Gasteiger partial charge in [-0.15, -0.1) is 11.3 Å². The number of rotatable bonds is 16. The lowest BCUT2D eigenvalue weighted by Crippen LogP contribution is -2.76. The van der Waals surface area contributed by atoms with Crippen molar-refractivity contribution in [1.29, 1.82) is 0 Å². The Balaban J connectivity index is 0.000000219. The molecule has 22 heteroatoms. The number of fused-ring (bicyclic) bond motifs is 2. The second-order valence-corrected chi connectivity index (χ2v) is 23.9. The maximum Gasteiger partial charge on any atom is 0.291 e. The summed E-state index contributed by atoms with van der Waals surface area (Å²) < 4.78 is 5.42. The van der Waals surface area contributed by atoms with Gasteiger partial charge in [-0.25, -0.2) is 4.98 Å². The molecule has 8 heterocycles. The summed E-state index contributed by atoms with van der Waals surface area (Å²) in [5.74, 6) is -0.469. The average Bonchev–Trinajstić information content (AvgIpc) is 4.06. The molecule has 0 spiro atoms. The van der Waals surface area contributed by atoms with Gasteiger partial charge in [-0.2, -0.15) is 0 Å². The molecule has 0 saturated carbocycles. The second kappa shape index (κ2) is 25.5. The monoisotopic (exact) mass is 1060 g/mol. The summed E-state index contributed by atoms with van der Waals surface area (Å²) in [6.07, 6.45) is 5.81. The van der Waals surface area contributed by atoms with Crippen LogP contribution in [-0.2, 0) is 28.8 Å². The number of anilines is 1. The summed E-state index contributed by atoms with van der Waals surface area (Å²) in [6, 6.07) is -0.0215. The molecule has 21 nitrogen and oxygen atoms in total. The van der Waals surface area contributed by atoms with Crippen molar-refractivity contribution in [2.24, 2.45) is 35.5 Å². The van der Waals surface area contributed by atoms with E-state index in [0.29, 0.717) is 44.2 Å². The van der Waals surface area contributed by atoms with Crippen molar-refractivity contribution in [3.63, 3.8) is 0 Å². The molecule has 0 aromatic carbocycles. The van der Waals surface area contributed by atoms with Crippen LogP contribution in [0.2, 0.25) is 0 Å². The predicted octanol–water partition coefficient (Wildman–Crippen LogP) is 2.80. The van der Waals surface area contributed by atoms with Gasteiger partial charge in [0.05, 0.1) is 32.4 Å².